The van der Waals surface area contributed by atoms with Gasteiger partial charge in [0.2, 0.25) is 0 Å². The van der Waals surface area contributed by atoms with Gasteiger partial charge >= 0.3 is 0 Å². The maximum Gasteiger partial charge on any atom is 0.123 e. The molecule has 0 atom stereocenters. The van der Waals surface area contributed by atoms with E-state index in [1.54, 1.807) is 23.9 Å². The molecule has 0 aliphatic carbocycles. The van der Waals surface area contributed by atoms with Crippen LogP contribution in [0.3, 0.4) is 0 Å². The fourth-order valence-corrected chi connectivity index (χ4v) is 3.75. The van der Waals surface area contributed by atoms with E-state index in [4.69, 9.17) is 0 Å². The number of halogens is 1. The number of hydrogen-bond donors (Lipinski definition) is 2. The van der Waals surface area contributed by atoms with Crippen molar-refractivity contribution >= 4 is 22.7 Å². The van der Waals surface area contributed by atoms with E-state index < -0.39 is 0 Å². The summed E-state index contributed by atoms with van der Waals surface area (Å²) in [5, 5.41) is 4.15. The summed E-state index contributed by atoms with van der Waals surface area (Å²) in [4.78, 5) is 5.63. The highest BCUT2D eigenvalue weighted by Crippen LogP contribution is 2.38. The number of aromatic nitrogens is 1. The van der Waals surface area contributed by atoms with Crippen LogP contribution in [0.2, 0.25) is 0 Å². The van der Waals surface area contributed by atoms with Crippen LogP contribution in [0.1, 0.15) is 16.8 Å². The number of aromatic amines is 1. The number of nitrogens with one attached hydrogen (secondary N) is 2. The molecule has 2 N–H and O–H groups in total. The second kappa shape index (κ2) is 6.15. The summed E-state index contributed by atoms with van der Waals surface area (Å²) in [6, 6.07) is 11.4. The van der Waals surface area contributed by atoms with E-state index in [-0.39, 0.29) is 5.82 Å². The van der Waals surface area contributed by atoms with Crippen LogP contribution >= 0.6 is 11.8 Å². The van der Waals surface area contributed by atoms with Crippen molar-refractivity contribution in [3.63, 3.8) is 0 Å². The molecular formula is C18H19FN2S. The molecule has 0 unspecified atom stereocenters. The third-order valence-corrected chi connectivity index (χ3v) is 5.03. The van der Waals surface area contributed by atoms with Gasteiger partial charge in [0.25, 0.3) is 0 Å². The van der Waals surface area contributed by atoms with E-state index in [9.17, 15) is 4.39 Å². The highest BCUT2D eigenvalue weighted by molar-refractivity contribution is 7.99. The molecule has 22 heavy (non-hydrogen) atoms. The van der Waals surface area contributed by atoms with Gasteiger partial charge in [0.15, 0.2) is 0 Å². The molecule has 114 valence electrons. The lowest BCUT2D eigenvalue weighted by Gasteiger charge is -2.10. The van der Waals surface area contributed by atoms with Gasteiger partial charge in [-0.3, -0.25) is 0 Å². The number of fused-ring (bicyclic) bond motifs is 1. The van der Waals surface area contributed by atoms with Gasteiger partial charge in [-0.25, -0.2) is 4.39 Å². The van der Waals surface area contributed by atoms with Crippen molar-refractivity contribution in [2.24, 2.45) is 0 Å². The van der Waals surface area contributed by atoms with Crippen molar-refractivity contribution in [3.8, 4) is 0 Å². The van der Waals surface area contributed by atoms with Crippen molar-refractivity contribution < 1.29 is 4.39 Å². The Balaban J connectivity index is 2.06. The molecular weight excluding hydrogens is 295 g/mol. The predicted molar refractivity (Wildman–Crippen MR) is 91.1 cm³/mol. The van der Waals surface area contributed by atoms with E-state index in [0.29, 0.717) is 0 Å². The summed E-state index contributed by atoms with van der Waals surface area (Å²) in [5.74, 6) is -0.201. The molecule has 2 aromatic carbocycles. The Hall–Kier alpha value is -1.78. The van der Waals surface area contributed by atoms with E-state index in [1.165, 1.54) is 22.1 Å². The number of hydrogen-bond acceptors (Lipinski definition) is 2. The van der Waals surface area contributed by atoms with Gasteiger partial charge in [-0.1, -0.05) is 29.5 Å². The molecule has 1 heterocycles. The first kappa shape index (κ1) is 15.1. The normalized spacial score (nSPS) is 11.3. The van der Waals surface area contributed by atoms with Crippen LogP contribution in [-0.4, -0.2) is 12.0 Å². The average Bonchev–Trinajstić information content (AvgIpc) is 2.78. The maximum atomic E-state index is 13.6. The van der Waals surface area contributed by atoms with Crippen LogP contribution in [0.25, 0.3) is 10.9 Å². The van der Waals surface area contributed by atoms with E-state index >= 15 is 0 Å². The largest absolute Gasteiger partial charge is 0.358 e. The summed E-state index contributed by atoms with van der Waals surface area (Å²) in [7, 11) is 1.95. The zero-order valence-electron chi connectivity index (χ0n) is 13.0. The summed E-state index contributed by atoms with van der Waals surface area (Å²) >= 11 is 1.70. The molecule has 4 heteroatoms. The SMILES string of the molecule is CNCc1cc(C)ccc1Sc1c(C)[nH]c2ccc(F)cc12. The molecule has 3 aromatic rings. The zero-order chi connectivity index (χ0) is 15.7. The van der Waals surface area contributed by atoms with Crippen molar-refractivity contribution in [1.82, 2.24) is 10.3 Å². The third kappa shape index (κ3) is 2.89. The van der Waals surface area contributed by atoms with Gasteiger partial charge in [0, 0.05) is 32.9 Å². The molecule has 0 aliphatic heterocycles. The van der Waals surface area contributed by atoms with Crippen molar-refractivity contribution in [2.45, 2.75) is 30.2 Å². The Kier molecular flexibility index (Phi) is 4.23. The van der Waals surface area contributed by atoms with Crippen LogP contribution in [0, 0.1) is 19.7 Å². The highest BCUT2D eigenvalue weighted by Gasteiger charge is 2.13. The molecule has 0 bridgehead atoms. The van der Waals surface area contributed by atoms with Crippen LogP contribution in [0.4, 0.5) is 4.39 Å². The summed E-state index contributed by atoms with van der Waals surface area (Å²) in [5.41, 5.74) is 4.55. The molecule has 0 fully saturated rings. The smallest absolute Gasteiger partial charge is 0.123 e. The molecule has 0 saturated carbocycles. The van der Waals surface area contributed by atoms with Gasteiger partial charge in [-0.15, -0.1) is 0 Å². The number of aryl methyl sites for hydroxylation is 2. The first-order valence-corrected chi connectivity index (χ1v) is 8.10. The third-order valence-electron chi connectivity index (χ3n) is 3.68. The van der Waals surface area contributed by atoms with Crippen molar-refractivity contribution in [3.05, 3.63) is 59.0 Å². The quantitative estimate of drug-likeness (QED) is 0.724. The molecule has 0 aliphatic rings. The molecule has 2 nitrogen and oxygen atoms in total. The van der Waals surface area contributed by atoms with Crippen molar-refractivity contribution in [1.29, 1.82) is 0 Å². The Bertz CT molecular complexity index is 823. The molecule has 0 saturated heterocycles. The molecule has 3 rings (SSSR count). The summed E-state index contributed by atoms with van der Waals surface area (Å²) < 4.78 is 13.6. The lowest BCUT2D eigenvalue weighted by molar-refractivity contribution is 0.629. The van der Waals surface area contributed by atoms with Crippen LogP contribution in [-0.2, 0) is 6.54 Å². The van der Waals surface area contributed by atoms with E-state index in [2.05, 4.69) is 35.4 Å². The Morgan fingerprint density at radius 1 is 1.14 bits per heavy atom. The Labute approximate surface area is 134 Å². The monoisotopic (exact) mass is 314 g/mol. The Morgan fingerprint density at radius 2 is 1.95 bits per heavy atom. The van der Waals surface area contributed by atoms with Crippen molar-refractivity contribution in [2.75, 3.05) is 7.05 Å². The van der Waals surface area contributed by atoms with Crippen LogP contribution < -0.4 is 5.32 Å². The fourth-order valence-electron chi connectivity index (χ4n) is 2.65. The van der Waals surface area contributed by atoms with Gasteiger partial charge in [0.05, 0.1) is 0 Å². The Morgan fingerprint density at radius 3 is 2.73 bits per heavy atom. The fraction of sp³-hybridized carbons (Fsp3) is 0.222. The molecule has 0 spiro atoms. The van der Waals surface area contributed by atoms with Gasteiger partial charge in [0.1, 0.15) is 5.82 Å². The zero-order valence-corrected chi connectivity index (χ0v) is 13.8. The maximum absolute atomic E-state index is 13.6. The molecule has 0 amide bonds. The predicted octanol–water partition coefficient (Wildman–Crippen LogP) is 4.79. The van der Waals surface area contributed by atoms with Crippen LogP contribution in [0.15, 0.2) is 46.2 Å². The molecule has 1 aromatic heterocycles. The van der Waals surface area contributed by atoms with Gasteiger partial charge in [-0.05, 0) is 50.7 Å². The standard InChI is InChI=1S/C18H19FN2S/c1-11-4-7-17(13(8-11)10-20-3)22-18-12(2)21-16-6-5-14(19)9-15(16)18/h4-9,20-21H,10H2,1-3H3. The highest BCUT2D eigenvalue weighted by atomic mass is 32.2. The first-order valence-electron chi connectivity index (χ1n) is 7.28. The van der Waals surface area contributed by atoms with Gasteiger partial charge in [-0.2, -0.15) is 0 Å². The van der Waals surface area contributed by atoms with E-state index in [1.807, 2.05) is 14.0 Å². The average molecular weight is 314 g/mol. The number of rotatable bonds is 4. The second-order valence-corrected chi connectivity index (χ2v) is 6.56. The van der Waals surface area contributed by atoms with Gasteiger partial charge < -0.3 is 10.3 Å². The lowest BCUT2D eigenvalue weighted by atomic mass is 10.1. The molecule has 0 radical (unpaired) electrons. The second-order valence-electron chi connectivity index (χ2n) is 5.51. The number of benzene rings is 2. The van der Waals surface area contributed by atoms with E-state index in [0.717, 1.165) is 28.0 Å². The number of H-pyrrole nitrogens is 1. The summed E-state index contributed by atoms with van der Waals surface area (Å²) in [6.07, 6.45) is 0. The lowest BCUT2D eigenvalue weighted by Crippen LogP contribution is -2.06. The van der Waals surface area contributed by atoms with Crippen LogP contribution in [0.5, 0.6) is 0 Å². The topological polar surface area (TPSA) is 27.8 Å². The first-order chi connectivity index (χ1) is 10.6. The minimum absolute atomic E-state index is 0.201. The minimum Gasteiger partial charge on any atom is -0.358 e. The minimum atomic E-state index is -0.201. The summed E-state index contributed by atoms with van der Waals surface area (Å²) in [6.45, 7) is 4.95.